The Morgan fingerprint density at radius 1 is 1.23 bits per heavy atom. The van der Waals surface area contributed by atoms with E-state index in [0.717, 1.165) is 24.8 Å². The molecule has 160 valence electrons. The molecule has 0 saturated heterocycles. The Morgan fingerprint density at radius 3 is 2.70 bits per heavy atom. The fourth-order valence-electron chi connectivity index (χ4n) is 3.65. The number of nitrogens with one attached hydrogen (secondary N) is 1. The van der Waals surface area contributed by atoms with Crippen molar-refractivity contribution in [3.05, 3.63) is 65.0 Å². The fraction of sp³-hybridized carbons (Fsp3) is 0.417. The number of hydrogen-bond donors (Lipinski definition) is 1. The summed E-state index contributed by atoms with van der Waals surface area (Å²) in [7, 11) is 0. The molecule has 3 rings (SSSR count). The smallest absolute Gasteiger partial charge is 0.255 e. The molecule has 0 saturated carbocycles. The largest absolute Gasteiger partial charge is 0.492 e. The van der Waals surface area contributed by atoms with Crippen LogP contribution in [0.4, 0.5) is 4.39 Å². The third-order valence-electron chi connectivity index (χ3n) is 5.24. The zero-order valence-corrected chi connectivity index (χ0v) is 18.4. The van der Waals surface area contributed by atoms with Gasteiger partial charge in [-0.25, -0.2) is 9.37 Å². The lowest BCUT2D eigenvalue weighted by atomic mass is 10.0. The molecule has 0 unspecified atom stereocenters. The maximum absolute atomic E-state index is 14.3. The topological polar surface area (TPSA) is 55.6 Å². The molecule has 1 amide bonds. The van der Waals surface area contributed by atoms with E-state index in [1.165, 1.54) is 6.07 Å². The molecule has 0 aliphatic heterocycles. The molecule has 3 aromatic rings. The number of para-hydroxylation sites is 1. The van der Waals surface area contributed by atoms with Gasteiger partial charge in [0.05, 0.1) is 23.4 Å². The van der Waals surface area contributed by atoms with Crippen LogP contribution in [0.5, 0.6) is 5.75 Å². The molecule has 6 heteroatoms. The number of halogens is 1. The Bertz CT molecular complexity index is 1060. The van der Waals surface area contributed by atoms with Gasteiger partial charge in [-0.2, -0.15) is 0 Å². The number of amides is 1. The van der Waals surface area contributed by atoms with Crippen LogP contribution in [0.15, 0.2) is 36.5 Å². The lowest BCUT2D eigenvalue weighted by Gasteiger charge is -2.26. The molecular weight excluding hydrogens is 381 g/mol. The summed E-state index contributed by atoms with van der Waals surface area (Å²) >= 11 is 0. The lowest BCUT2D eigenvalue weighted by Crippen LogP contribution is -2.42. The molecule has 5 nitrogen and oxygen atoms in total. The summed E-state index contributed by atoms with van der Waals surface area (Å²) in [6.07, 6.45) is 4.48. The molecule has 0 bridgehead atoms. The SMILES string of the molecule is CCCCOc1c(CC)cccc1C(=O)NC(C)(C)c1nc(C)c2c(F)cccn12. The molecule has 30 heavy (non-hydrogen) atoms. The van der Waals surface area contributed by atoms with Crippen molar-refractivity contribution in [2.24, 2.45) is 0 Å². The minimum Gasteiger partial charge on any atom is -0.492 e. The molecule has 2 aromatic heterocycles. The van der Waals surface area contributed by atoms with Crippen molar-refractivity contribution < 1.29 is 13.9 Å². The van der Waals surface area contributed by atoms with Gasteiger partial charge in [0.25, 0.3) is 5.91 Å². The van der Waals surface area contributed by atoms with Crippen molar-refractivity contribution in [1.82, 2.24) is 14.7 Å². The van der Waals surface area contributed by atoms with Gasteiger partial charge in [0.15, 0.2) is 0 Å². The summed E-state index contributed by atoms with van der Waals surface area (Å²) < 4.78 is 22.0. The maximum Gasteiger partial charge on any atom is 0.255 e. The maximum atomic E-state index is 14.3. The number of hydrogen-bond acceptors (Lipinski definition) is 3. The van der Waals surface area contributed by atoms with Crippen molar-refractivity contribution in [3.8, 4) is 5.75 Å². The normalized spacial score (nSPS) is 11.7. The first-order chi connectivity index (χ1) is 14.3. The Morgan fingerprint density at radius 2 is 2.00 bits per heavy atom. The summed E-state index contributed by atoms with van der Waals surface area (Å²) in [5.74, 6) is 0.630. The number of carbonyl (C=O) groups excluding carboxylic acids is 1. The highest BCUT2D eigenvalue weighted by atomic mass is 19.1. The summed E-state index contributed by atoms with van der Waals surface area (Å²) in [6.45, 7) is 10.2. The predicted molar refractivity (Wildman–Crippen MR) is 117 cm³/mol. The van der Waals surface area contributed by atoms with Crippen molar-refractivity contribution in [2.75, 3.05) is 6.61 Å². The number of benzene rings is 1. The number of aryl methyl sites for hydroxylation is 2. The van der Waals surface area contributed by atoms with Crippen molar-refractivity contribution in [1.29, 1.82) is 0 Å². The van der Waals surface area contributed by atoms with Crippen molar-refractivity contribution >= 4 is 11.4 Å². The average Bonchev–Trinajstić information content (AvgIpc) is 3.06. The van der Waals surface area contributed by atoms with Crippen LogP contribution in [0.3, 0.4) is 0 Å². The molecule has 0 atom stereocenters. The third-order valence-corrected chi connectivity index (χ3v) is 5.24. The van der Waals surface area contributed by atoms with E-state index in [4.69, 9.17) is 4.74 Å². The molecule has 0 radical (unpaired) electrons. The monoisotopic (exact) mass is 411 g/mol. The van der Waals surface area contributed by atoms with Gasteiger partial charge in [-0.1, -0.05) is 32.4 Å². The number of nitrogens with zero attached hydrogens (tertiary/aromatic N) is 2. The number of carbonyl (C=O) groups is 1. The average molecular weight is 412 g/mol. The summed E-state index contributed by atoms with van der Waals surface area (Å²) in [5.41, 5.74) is 1.68. The second kappa shape index (κ2) is 8.86. The lowest BCUT2D eigenvalue weighted by molar-refractivity contribution is 0.0903. The van der Waals surface area contributed by atoms with E-state index >= 15 is 0 Å². The van der Waals surface area contributed by atoms with Gasteiger partial charge < -0.3 is 10.1 Å². The number of rotatable bonds is 8. The summed E-state index contributed by atoms with van der Waals surface area (Å²) in [4.78, 5) is 17.8. The molecule has 1 N–H and O–H groups in total. The predicted octanol–water partition coefficient (Wildman–Crippen LogP) is 5.19. The first-order valence-electron chi connectivity index (χ1n) is 10.5. The van der Waals surface area contributed by atoms with Gasteiger partial charge in [-0.15, -0.1) is 0 Å². The van der Waals surface area contributed by atoms with E-state index in [-0.39, 0.29) is 11.7 Å². The summed E-state index contributed by atoms with van der Waals surface area (Å²) in [5, 5.41) is 3.07. The second-order valence-electron chi connectivity index (χ2n) is 8.02. The third kappa shape index (κ3) is 4.18. The van der Waals surface area contributed by atoms with Gasteiger partial charge in [-0.3, -0.25) is 9.20 Å². The van der Waals surface area contributed by atoms with E-state index in [1.54, 1.807) is 29.7 Å². The van der Waals surface area contributed by atoms with Crippen LogP contribution >= 0.6 is 0 Å². The quantitative estimate of drug-likeness (QED) is 0.519. The van der Waals surface area contributed by atoms with Crippen LogP contribution in [0, 0.1) is 12.7 Å². The first kappa shape index (κ1) is 21.8. The number of aromatic nitrogens is 2. The molecule has 2 heterocycles. The van der Waals surface area contributed by atoms with Crippen LogP contribution < -0.4 is 10.1 Å². The number of imidazole rings is 1. The highest BCUT2D eigenvalue weighted by Gasteiger charge is 2.30. The molecule has 0 aliphatic rings. The molecule has 0 fully saturated rings. The van der Waals surface area contributed by atoms with E-state index in [2.05, 4.69) is 17.2 Å². The number of ether oxygens (including phenoxy) is 1. The summed E-state index contributed by atoms with van der Waals surface area (Å²) in [6, 6.07) is 8.68. The van der Waals surface area contributed by atoms with Crippen molar-refractivity contribution in [2.45, 2.75) is 59.4 Å². The van der Waals surface area contributed by atoms with Gasteiger partial charge >= 0.3 is 0 Å². The number of fused-ring (bicyclic) bond motifs is 1. The zero-order chi connectivity index (χ0) is 21.9. The van der Waals surface area contributed by atoms with Crippen LogP contribution in [0.2, 0.25) is 0 Å². The van der Waals surface area contributed by atoms with Crippen LogP contribution in [0.1, 0.15) is 68.0 Å². The highest BCUT2D eigenvalue weighted by molar-refractivity contribution is 5.97. The minimum atomic E-state index is -0.828. The molecule has 0 spiro atoms. The molecule has 0 aliphatic carbocycles. The molecular formula is C24H30FN3O2. The number of unbranched alkanes of at least 4 members (excludes halogenated alkanes) is 1. The van der Waals surface area contributed by atoms with E-state index in [0.29, 0.717) is 35.0 Å². The minimum absolute atomic E-state index is 0.243. The van der Waals surface area contributed by atoms with E-state index in [1.807, 2.05) is 32.9 Å². The van der Waals surface area contributed by atoms with Crippen molar-refractivity contribution in [3.63, 3.8) is 0 Å². The van der Waals surface area contributed by atoms with Gasteiger partial charge in [0, 0.05) is 6.20 Å². The highest BCUT2D eigenvalue weighted by Crippen LogP contribution is 2.28. The zero-order valence-electron chi connectivity index (χ0n) is 18.4. The van der Waals surface area contributed by atoms with E-state index < -0.39 is 5.54 Å². The Labute approximate surface area is 177 Å². The van der Waals surface area contributed by atoms with Crippen LogP contribution in [0.25, 0.3) is 5.52 Å². The first-order valence-corrected chi connectivity index (χ1v) is 10.5. The van der Waals surface area contributed by atoms with Gasteiger partial charge in [0.2, 0.25) is 0 Å². The Balaban J connectivity index is 1.95. The Kier molecular flexibility index (Phi) is 6.44. The van der Waals surface area contributed by atoms with Gasteiger partial charge in [-0.05, 0) is 57.4 Å². The second-order valence-corrected chi connectivity index (χ2v) is 8.02. The Hall–Kier alpha value is -2.89. The standard InChI is InChI=1S/C24H30FN3O2/c1-6-8-15-30-21-17(7-2)11-9-12-18(21)22(29)27-24(4,5)23-26-16(3)20-19(25)13-10-14-28(20)23/h9-14H,6-8,15H2,1-5H3,(H,27,29). The van der Waals surface area contributed by atoms with Crippen LogP contribution in [-0.4, -0.2) is 21.9 Å². The van der Waals surface area contributed by atoms with Crippen LogP contribution in [-0.2, 0) is 12.0 Å². The molecule has 1 aromatic carbocycles. The van der Waals surface area contributed by atoms with E-state index in [9.17, 15) is 9.18 Å². The fourth-order valence-corrected chi connectivity index (χ4v) is 3.65. The number of pyridine rings is 1. The van der Waals surface area contributed by atoms with Gasteiger partial charge in [0.1, 0.15) is 22.9 Å².